The summed E-state index contributed by atoms with van der Waals surface area (Å²) in [5.74, 6) is 0.938. The quantitative estimate of drug-likeness (QED) is 0.266. The number of carbonyl (C=O) groups is 2. The number of fused-ring (bicyclic) bond motifs is 1. The standard InChI is InChI=1S/C25H20ClN3O5S/c1-13(2)32-15-8-10-16(11-9-15)33-25-27-22(26)21(35-25)19-12-20(34-28-19)14(3)29-23(30)17-6-4-5-7-18(17)24(29)31/h4-14H,1-3H3. The molecular weight excluding hydrogens is 490 g/mol. The minimum Gasteiger partial charge on any atom is -0.491 e. The Kier molecular flexibility index (Phi) is 6.04. The Hall–Kier alpha value is -3.69. The molecule has 4 aromatic rings. The average Bonchev–Trinajstić information content (AvgIpc) is 3.52. The smallest absolute Gasteiger partial charge is 0.280 e. The number of carbonyl (C=O) groups excluding carboxylic acids is 2. The number of ether oxygens (including phenoxy) is 2. The highest BCUT2D eigenvalue weighted by atomic mass is 35.5. The van der Waals surface area contributed by atoms with Crippen molar-refractivity contribution in [2.45, 2.75) is 32.9 Å². The first-order valence-corrected chi connectivity index (χ1v) is 12.1. The molecule has 1 atom stereocenters. The summed E-state index contributed by atoms with van der Waals surface area (Å²) in [7, 11) is 0. The number of imide groups is 1. The summed E-state index contributed by atoms with van der Waals surface area (Å²) in [5, 5.41) is 4.63. The molecule has 0 N–H and O–H groups in total. The zero-order valence-electron chi connectivity index (χ0n) is 19.0. The van der Waals surface area contributed by atoms with Gasteiger partial charge in [0.1, 0.15) is 17.2 Å². The molecule has 0 saturated heterocycles. The van der Waals surface area contributed by atoms with Crippen molar-refractivity contribution in [2.75, 3.05) is 0 Å². The summed E-state index contributed by atoms with van der Waals surface area (Å²) >= 11 is 7.55. The molecule has 5 rings (SSSR count). The normalized spacial score (nSPS) is 13.9. The highest BCUT2D eigenvalue weighted by Crippen LogP contribution is 2.40. The second kappa shape index (κ2) is 9.16. The van der Waals surface area contributed by atoms with Crippen molar-refractivity contribution in [3.63, 3.8) is 0 Å². The van der Waals surface area contributed by atoms with Crippen LogP contribution < -0.4 is 9.47 Å². The molecule has 178 valence electrons. The van der Waals surface area contributed by atoms with E-state index in [1.54, 1.807) is 49.4 Å². The van der Waals surface area contributed by atoms with Gasteiger partial charge < -0.3 is 14.0 Å². The molecule has 0 spiro atoms. The van der Waals surface area contributed by atoms with Gasteiger partial charge in [-0.15, -0.1) is 0 Å². The van der Waals surface area contributed by atoms with Gasteiger partial charge in [0.25, 0.3) is 17.0 Å². The summed E-state index contributed by atoms with van der Waals surface area (Å²) < 4.78 is 17.0. The topological polar surface area (TPSA) is 94.8 Å². The van der Waals surface area contributed by atoms with Crippen LogP contribution in [0.2, 0.25) is 5.15 Å². The van der Waals surface area contributed by atoms with E-state index in [-0.39, 0.29) is 23.1 Å². The molecule has 1 unspecified atom stereocenters. The SMILES string of the molecule is CC(C)Oc1ccc(Oc2nc(Cl)c(-c3cc(C(C)N4C(=O)c5ccccc5C4=O)on3)s2)cc1. The van der Waals surface area contributed by atoms with Crippen LogP contribution in [0.1, 0.15) is 53.3 Å². The van der Waals surface area contributed by atoms with Crippen LogP contribution in [-0.2, 0) is 0 Å². The van der Waals surface area contributed by atoms with Gasteiger partial charge in [-0.05, 0) is 57.2 Å². The van der Waals surface area contributed by atoms with E-state index >= 15 is 0 Å². The van der Waals surface area contributed by atoms with Crippen molar-refractivity contribution in [1.29, 1.82) is 0 Å². The zero-order chi connectivity index (χ0) is 24.7. The van der Waals surface area contributed by atoms with Crippen molar-refractivity contribution in [1.82, 2.24) is 15.0 Å². The van der Waals surface area contributed by atoms with Crippen molar-refractivity contribution in [3.05, 3.63) is 76.6 Å². The predicted molar refractivity (Wildman–Crippen MR) is 130 cm³/mol. The third-order valence-electron chi connectivity index (χ3n) is 5.35. The number of rotatable bonds is 7. The Bertz CT molecular complexity index is 1380. The number of hydrogen-bond acceptors (Lipinski definition) is 8. The lowest BCUT2D eigenvalue weighted by molar-refractivity contribution is 0.0573. The first-order valence-electron chi connectivity index (χ1n) is 10.9. The summed E-state index contributed by atoms with van der Waals surface area (Å²) in [5.41, 5.74) is 1.18. The highest BCUT2D eigenvalue weighted by molar-refractivity contribution is 7.17. The third-order valence-corrected chi connectivity index (χ3v) is 6.69. The molecule has 0 radical (unpaired) electrons. The van der Waals surface area contributed by atoms with Crippen LogP contribution in [0.25, 0.3) is 10.6 Å². The second-order valence-electron chi connectivity index (χ2n) is 8.16. The van der Waals surface area contributed by atoms with Crippen LogP contribution in [0.4, 0.5) is 0 Å². The molecule has 1 aliphatic heterocycles. The summed E-state index contributed by atoms with van der Waals surface area (Å²) in [4.78, 5) is 31.6. The van der Waals surface area contributed by atoms with Crippen molar-refractivity contribution < 1.29 is 23.6 Å². The van der Waals surface area contributed by atoms with E-state index in [9.17, 15) is 9.59 Å². The maximum absolute atomic E-state index is 12.8. The Morgan fingerprint density at radius 3 is 2.23 bits per heavy atom. The minimum atomic E-state index is -0.655. The number of nitrogens with zero attached hydrogens (tertiary/aromatic N) is 3. The van der Waals surface area contributed by atoms with E-state index in [1.165, 1.54) is 16.2 Å². The Labute approximate surface area is 210 Å². The first-order chi connectivity index (χ1) is 16.8. The number of amides is 2. The van der Waals surface area contributed by atoms with Gasteiger partial charge in [-0.1, -0.05) is 40.2 Å². The van der Waals surface area contributed by atoms with E-state index in [0.29, 0.717) is 38.4 Å². The van der Waals surface area contributed by atoms with E-state index in [0.717, 1.165) is 5.75 Å². The van der Waals surface area contributed by atoms with Crippen LogP contribution in [0.3, 0.4) is 0 Å². The molecule has 0 fully saturated rings. The fourth-order valence-corrected chi connectivity index (χ4v) is 4.84. The van der Waals surface area contributed by atoms with Crippen LogP contribution in [0.5, 0.6) is 16.7 Å². The molecule has 2 aromatic heterocycles. The van der Waals surface area contributed by atoms with Crippen LogP contribution >= 0.6 is 22.9 Å². The van der Waals surface area contributed by atoms with Gasteiger partial charge >= 0.3 is 0 Å². The fraction of sp³-hybridized carbons (Fsp3) is 0.200. The average molecular weight is 510 g/mol. The van der Waals surface area contributed by atoms with E-state index in [4.69, 9.17) is 25.6 Å². The number of halogens is 1. The van der Waals surface area contributed by atoms with Gasteiger partial charge in [-0.25, -0.2) is 0 Å². The Balaban J connectivity index is 1.33. The maximum Gasteiger partial charge on any atom is 0.280 e. The molecule has 2 aromatic carbocycles. The zero-order valence-corrected chi connectivity index (χ0v) is 20.6. The lowest BCUT2D eigenvalue weighted by Gasteiger charge is -2.19. The molecule has 3 heterocycles. The summed E-state index contributed by atoms with van der Waals surface area (Å²) in [6.07, 6.45) is 0.0780. The van der Waals surface area contributed by atoms with Gasteiger partial charge in [-0.2, -0.15) is 4.98 Å². The van der Waals surface area contributed by atoms with Crippen LogP contribution in [0.15, 0.2) is 59.1 Å². The lowest BCUT2D eigenvalue weighted by Crippen LogP contribution is -2.32. The first kappa shape index (κ1) is 23.1. The molecule has 35 heavy (non-hydrogen) atoms. The molecule has 2 amide bonds. The maximum atomic E-state index is 12.8. The Morgan fingerprint density at radius 1 is 0.971 bits per heavy atom. The molecule has 0 aliphatic carbocycles. The molecule has 1 aliphatic rings. The van der Waals surface area contributed by atoms with Gasteiger partial charge in [0.2, 0.25) is 0 Å². The predicted octanol–water partition coefficient (Wildman–Crippen LogP) is 6.39. The van der Waals surface area contributed by atoms with Gasteiger partial charge in [0.05, 0.1) is 28.1 Å². The van der Waals surface area contributed by atoms with Gasteiger partial charge in [0, 0.05) is 6.07 Å². The van der Waals surface area contributed by atoms with Crippen molar-refractivity contribution in [3.8, 4) is 27.3 Å². The number of aromatic nitrogens is 2. The largest absolute Gasteiger partial charge is 0.491 e. The Morgan fingerprint density at radius 2 is 1.60 bits per heavy atom. The van der Waals surface area contributed by atoms with Crippen LogP contribution in [-0.4, -0.2) is 33.0 Å². The number of thiazole rings is 1. The minimum absolute atomic E-state index is 0.0780. The fourth-order valence-electron chi connectivity index (χ4n) is 3.72. The summed E-state index contributed by atoms with van der Waals surface area (Å²) in [6.45, 7) is 5.63. The summed E-state index contributed by atoms with van der Waals surface area (Å²) in [6, 6.07) is 14.9. The van der Waals surface area contributed by atoms with E-state index < -0.39 is 6.04 Å². The number of hydrogen-bond donors (Lipinski definition) is 0. The van der Waals surface area contributed by atoms with E-state index in [2.05, 4.69) is 10.1 Å². The van der Waals surface area contributed by atoms with Crippen molar-refractivity contribution in [2.24, 2.45) is 0 Å². The molecular formula is C25H20ClN3O5S. The van der Waals surface area contributed by atoms with Crippen LogP contribution in [0, 0.1) is 0 Å². The van der Waals surface area contributed by atoms with Gasteiger partial charge in [-0.3, -0.25) is 14.5 Å². The monoisotopic (exact) mass is 509 g/mol. The third kappa shape index (κ3) is 4.40. The molecule has 0 bridgehead atoms. The number of benzene rings is 2. The lowest BCUT2D eigenvalue weighted by atomic mass is 10.1. The van der Waals surface area contributed by atoms with Crippen molar-refractivity contribution >= 4 is 34.8 Å². The van der Waals surface area contributed by atoms with E-state index in [1.807, 2.05) is 26.0 Å². The van der Waals surface area contributed by atoms with Gasteiger partial charge in [0.15, 0.2) is 10.9 Å². The second-order valence-corrected chi connectivity index (χ2v) is 9.48. The molecule has 0 saturated carbocycles. The highest BCUT2D eigenvalue weighted by Gasteiger charge is 2.40. The molecule has 10 heteroatoms. The molecule has 8 nitrogen and oxygen atoms in total.